The topological polar surface area (TPSA) is 72.2 Å². The van der Waals surface area contributed by atoms with E-state index in [0.717, 1.165) is 12.8 Å². The van der Waals surface area contributed by atoms with Crippen LogP contribution >= 0.6 is 0 Å². The molecular weight excluding hydrogens is 224 g/mol. The molecule has 3 N–H and O–H groups in total. The molecule has 0 amide bonds. The van der Waals surface area contributed by atoms with Crippen molar-refractivity contribution in [1.82, 2.24) is 4.72 Å². The van der Waals surface area contributed by atoms with Crippen LogP contribution in [0.3, 0.4) is 0 Å². The fourth-order valence-electron chi connectivity index (χ4n) is 2.63. The monoisotopic (exact) mass is 248 g/mol. The summed E-state index contributed by atoms with van der Waals surface area (Å²) in [5, 5.41) is 0. The maximum atomic E-state index is 11.7. The minimum atomic E-state index is -3.12. The van der Waals surface area contributed by atoms with Crippen molar-refractivity contribution in [2.45, 2.75) is 45.6 Å². The molecule has 96 valence electrons. The molecule has 4 nitrogen and oxygen atoms in total. The zero-order valence-electron chi connectivity index (χ0n) is 10.3. The van der Waals surface area contributed by atoms with Gasteiger partial charge >= 0.3 is 0 Å². The van der Waals surface area contributed by atoms with E-state index < -0.39 is 10.0 Å². The maximum absolute atomic E-state index is 11.7. The SMILES string of the molecule is CC1CC(C)CC(NS(=O)(=O)CCCN)C1. The van der Waals surface area contributed by atoms with Crippen LogP contribution in [0.15, 0.2) is 0 Å². The number of nitrogens with two attached hydrogens (primary N) is 1. The first-order valence-electron chi connectivity index (χ1n) is 6.13. The van der Waals surface area contributed by atoms with Gasteiger partial charge in [0.1, 0.15) is 0 Å². The largest absolute Gasteiger partial charge is 0.330 e. The lowest BCUT2D eigenvalue weighted by Gasteiger charge is -2.31. The Bertz CT molecular complexity index is 293. The molecule has 0 heterocycles. The van der Waals surface area contributed by atoms with Crippen LogP contribution in [-0.2, 0) is 10.0 Å². The second-order valence-corrected chi connectivity index (χ2v) is 7.07. The van der Waals surface area contributed by atoms with Gasteiger partial charge in [-0.3, -0.25) is 0 Å². The van der Waals surface area contributed by atoms with Gasteiger partial charge < -0.3 is 5.73 Å². The summed E-state index contributed by atoms with van der Waals surface area (Å²) >= 11 is 0. The molecule has 1 rings (SSSR count). The number of sulfonamides is 1. The van der Waals surface area contributed by atoms with Gasteiger partial charge in [0, 0.05) is 6.04 Å². The molecule has 0 aromatic carbocycles. The highest BCUT2D eigenvalue weighted by Gasteiger charge is 2.26. The molecule has 0 aromatic heterocycles. The van der Waals surface area contributed by atoms with E-state index in [1.54, 1.807) is 0 Å². The molecule has 2 unspecified atom stereocenters. The van der Waals surface area contributed by atoms with Gasteiger partial charge in [0.25, 0.3) is 0 Å². The second kappa shape index (κ2) is 5.98. The minimum Gasteiger partial charge on any atom is -0.330 e. The van der Waals surface area contributed by atoms with Crippen molar-refractivity contribution in [3.63, 3.8) is 0 Å². The van der Waals surface area contributed by atoms with E-state index in [4.69, 9.17) is 5.73 Å². The fraction of sp³-hybridized carbons (Fsp3) is 1.00. The van der Waals surface area contributed by atoms with E-state index >= 15 is 0 Å². The van der Waals surface area contributed by atoms with Crippen LogP contribution < -0.4 is 10.5 Å². The Kier molecular flexibility index (Phi) is 5.21. The summed E-state index contributed by atoms with van der Waals surface area (Å²) < 4.78 is 26.2. The molecule has 1 fully saturated rings. The molecule has 16 heavy (non-hydrogen) atoms. The van der Waals surface area contributed by atoms with Crippen molar-refractivity contribution >= 4 is 10.0 Å². The summed E-state index contributed by atoms with van der Waals surface area (Å²) in [7, 11) is -3.12. The summed E-state index contributed by atoms with van der Waals surface area (Å²) in [5.74, 6) is 1.39. The van der Waals surface area contributed by atoms with Gasteiger partial charge in [-0.1, -0.05) is 13.8 Å². The first kappa shape index (κ1) is 13.9. The Morgan fingerprint density at radius 1 is 1.19 bits per heavy atom. The van der Waals surface area contributed by atoms with Crippen molar-refractivity contribution in [2.24, 2.45) is 17.6 Å². The van der Waals surface area contributed by atoms with E-state index in [2.05, 4.69) is 18.6 Å². The maximum Gasteiger partial charge on any atom is 0.211 e. The third-order valence-corrected chi connectivity index (χ3v) is 4.66. The number of rotatable bonds is 5. The van der Waals surface area contributed by atoms with Crippen LogP contribution in [0.2, 0.25) is 0 Å². The molecule has 1 saturated carbocycles. The molecule has 0 saturated heterocycles. The Balaban J connectivity index is 2.46. The zero-order valence-corrected chi connectivity index (χ0v) is 11.1. The van der Waals surface area contributed by atoms with E-state index in [1.807, 2.05) is 0 Å². The van der Waals surface area contributed by atoms with Crippen LogP contribution in [-0.4, -0.2) is 26.8 Å². The molecule has 0 spiro atoms. The van der Waals surface area contributed by atoms with Crippen molar-refractivity contribution in [1.29, 1.82) is 0 Å². The quantitative estimate of drug-likeness (QED) is 0.764. The average molecular weight is 248 g/mol. The smallest absolute Gasteiger partial charge is 0.211 e. The Morgan fingerprint density at radius 2 is 1.75 bits per heavy atom. The predicted octanol–water partition coefficient (Wildman–Crippen LogP) is 1.08. The molecule has 0 aliphatic heterocycles. The van der Waals surface area contributed by atoms with Crippen molar-refractivity contribution in [2.75, 3.05) is 12.3 Å². The number of nitrogens with one attached hydrogen (secondary N) is 1. The molecule has 2 atom stereocenters. The normalized spacial score (nSPS) is 31.6. The standard InChI is InChI=1S/C11H24N2O2S/c1-9-6-10(2)8-11(7-9)13-16(14,15)5-3-4-12/h9-11,13H,3-8,12H2,1-2H3. The Hall–Kier alpha value is -0.130. The fourth-order valence-corrected chi connectivity index (χ4v) is 3.99. The summed E-state index contributed by atoms with van der Waals surface area (Å²) in [6, 6.07) is 0.126. The molecule has 0 bridgehead atoms. The van der Waals surface area contributed by atoms with Crippen molar-refractivity contribution < 1.29 is 8.42 Å². The Morgan fingerprint density at radius 3 is 2.25 bits per heavy atom. The van der Waals surface area contributed by atoms with Crippen LogP contribution in [0.5, 0.6) is 0 Å². The summed E-state index contributed by atoms with van der Waals surface area (Å²) in [6.45, 7) is 4.81. The third-order valence-electron chi connectivity index (χ3n) is 3.14. The van der Waals surface area contributed by atoms with Crippen LogP contribution in [0, 0.1) is 11.8 Å². The van der Waals surface area contributed by atoms with Gasteiger partial charge in [0.2, 0.25) is 10.0 Å². The highest BCUT2D eigenvalue weighted by Crippen LogP contribution is 2.28. The number of hydrogen-bond acceptors (Lipinski definition) is 3. The molecular formula is C11H24N2O2S. The average Bonchev–Trinajstić information content (AvgIpc) is 2.12. The first-order chi connectivity index (χ1) is 7.43. The lowest BCUT2D eigenvalue weighted by molar-refractivity contribution is 0.257. The van der Waals surface area contributed by atoms with Crippen molar-refractivity contribution in [3.8, 4) is 0 Å². The van der Waals surface area contributed by atoms with E-state index in [0.29, 0.717) is 24.8 Å². The van der Waals surface area contributed by atoms with Crippen molar-refractivity contribution in [3.05, 3.63) is 0 Å². The molecule has 5 heteroatoms. The van der Waals surface area contributed by atoms with Crippen LogP contribution in [0.25, 0.3) is 0 Å². The lowest BCUT2D eigenvalue weighted by Crippen LogP contribution is -2.41. The third kappa shape index (κ3) is 4.80. The molecule has 1 aliphatic carbocycles. The first-order valence-corrected chi connectivity index (χ1v) is 7.78. The number of hydrogen-bond donors (Lipinski definition) is 2. The van der Waals surface area contributed by atoms with Gasteiger partial charge in [-0.25, -0.2) is 13.1 Å². The van der Waals surface area contributed by atoms with Crippen LogP contribution in [0.4, 0.5) is 0 Å². The van der Waals surface area contributed by atoms with E-state index in [1.165, 1.54) is 6.42 Å². The van der Waals surface area contributed by atoms with Gasteiger partial charge in [0.05, 0.1) is 5.75 Å². The summed E-state index contributed by atoms with van der Waals surface area (Å²) in [6.07, 6.45) is 3.67. The van der Waals surface area contributed by atoms with Gasteiger partial charge in [-0.05, 0) is 44.1 Å². The molecule has 0 radical (unpaired) electrons. The van der Waals surface area contributed by atoms with Gasteiger partial charge in [-0.15, -0.1) is 0 Å². The minimum absolute atomic E-state index is 0.126. The van der Waals surface area contributed by atoms with Gasteiger partial charge in [0.15, 0.2) is 0 Å². The lowest BCUT2D eigenvalue weighted by atomic mass is 9.81. The predicted molar refractivity (Wildman–Crippen MR) is 66.6 cm³/mol. The highest BCUT2D eigenvalue weighted by atomic mass is 32.2. The zero-order chi connectivity index (χ0) is 12.2. The summed E-state index contributed by atoms with van der Waals surface area (Å²) in [4.78, 5) is 0. The van der Waals surface area contributed by atoms with E-state index in [-0.39, 0.29) is 11.8 Å². The molecule has 0 aromatic rings. The summed E-state index contributed by atoms with van der Waals surface area (Å²) in [5.41, 5.74) is 5.32. The van der Waals surface area contributed by atoms with Crippen LogP contribution in [0.1, 0.15) is 39.5 Å². The van der Waals surface area contributed by atoms with Gasteiger partial charge in [-0.2, -0.15) is 0 Å². The highest BCUT2D eigenvalue weighted by molar-refractivity contribution is 7.89. The molecule has 1 aliphatic rings. The Labute approximate surface area is 99.0 Å². The van der Waals surface area contributed by atoms with E-state index in [9.17, 15) is 8.42 Å². The second-order valence-electron chi connectivity index (χ2n) is 5.19.